The molecule has 28 heavy (non-hydrogen) atoms. The van der Waals surface area contributed by atoms with Crippen molar-refractivity contribution >= 4 is 38.9 Å². The maximum absolute atomic E-state index is 13.8. The van der Waals surface area contributed by atoms with Crippen LogP contribution in [0.2, 0.25) is 10.0 Å². The monoisotopic (exact) mass is 445 g/mol. The summed E-state index contributed by atoms with van der Waals surface area (Å²) in [6.45, 7) is 4.55. The van der Waals surface area contributed by atoms with Gasteiger partial charge in [-0.1, -0.05) is 35.3 Å². The normalized spacial score (nSPS) is 15.6. The minimum atomic E-state index is -3.47. The number of sulfonamides is 1. The third kappa shape index (κ3) is 5.15. The molecule has 152 valence electrons. The van der Waals surface area contributed by atoms with Gasteiger partial charge >= 0.3 is 0 Å². The fourth-order valence-electron chi connectivity index (χ4n) is 3.21. The average Bonchev–Trinajstić information content (AvgIpc) is 2.64. The predicted octanol–water partition coefficient (Wildman–Crippen LogP) is 3.47. The summed E-state index contributed by atoms with van der Waals surface area (Å²) in [4.78, 5) is 2.22. The molecule has 9 heteroatoms. The Kier molecular flexibility index (Phi) is 6.83. The topological polar surface area (TPSA) is 52.7 Å². The molecule has 0 atom stereocenters. The van der Waals surface area contributed by atoms with E-state index in [0.717, 1.165) is 26.2 Å². The van der Waals surface area contributed by atoms with E-state index >= 15 is 0 Å². The maximum Gasteiger partial charge on any atom is 0.232 e. The smallest absolute Gasteiger partial charge is 0.232 e. The van der Waals surface area contributed by atoms with Gasteiger partial charge in [-0.3, -0.25) is 9.21 Å². The van der Waals surface area contributed by atoms with Crippen LogP contribution in [0, 0.1) is 5.82 Å². The van der Waals surface area contributed by atoms with Crippen molar-refractivity contribution in [3.05, 3.63) is 52.3 Å². The van der Waals surface area contributed by atoms with Crippen LogP contribution in [0.25, 0.3) is 11.1 Å². The third-order valence-corrected chi connectivity index (χ3v) is 6.51. The number of hydrogen-bond donors (Lipinski definition) is 1. The summed E-state index contributed by atoms with van der Waals surface area (Å²) in [7, 11) is -3.47. The van der Waals surface area contributed by atoms with Gasteiger partial charge in [-0.05, 0) is 29.8 Å². The highest BCUT2D eigenvalue weighted by Crippen LogP contribution is 2.33. The van der Waals surface area contributed by atoms with Crippen molar-refractivity contribution in [1.82, 2.24) is 10.2 Å². The molecule has 0 spiro atoms. The number of nitrogens with one attached hydrogen (secondary N) is 1. The summed E-state index contributed by atoms with van der Waals surface area (Å²) in [5.41, 5.74) is 1.67. The van der Waals surface area contributed by atoms with Gasteiger partial charge in [0.1, 0.15) is 5.82 Å². The summed E-state index contributed by atoms with van der Waals surface area (Å²) < 4.78 is 39.8. The van der Waals surface area contributed by atoms with Gasteiger partial charge in [0.15, 0.2) is 0 Å². The Hall–Kier alpha value is -1.38. The Bertz CT molecular complexity index is 950. The SMILES string of the molecule is CS(=O)(=O)N(CCN1CCNCC1)c1ccc(-c2ccc(Cl)c(F)c2)c(Cl)c1. The van der Waals surface area contributed by atoms with Crippen LogP contribution in [0.1, 0.15) is 0 Å². The molecule has 3 rings (SSSR count). The van der Waals surface area contributed by atoms with Crippen molar-refractivity contribution in [2.24, 2.45) is 0 Å². The Morgan fingerprint density at radius 2 is 1.82 bits per heavy atom. The molecule has 0 aliphatic carbocycles. The summed E-state index contributed by atoms with van der Waals surface area (Å²) >= 11 is 12.1. The molecular formula is C19H22Cl2FN3O2S. The molecule has 0 amide bonds. The summed E-state index contributed by atoms with van der Waals surface area (Å²) in [5, 5.41) is 3.65. The van der Waals surface area contributed by atoms with Crippen LogP contribution < -0.4 is 9.62 Å². The van der Waals surface area contributed by atoms with Gasteiger partial charge in [0.25, 0.3) is 0 Å². The second-order valence-corrected chi connectivity index (χ2v) is 9.44. The first-order valence-electron chi connectivity index (χ1n) is 8.91. The number of anilines is 1. The summed E-state index contributed by atoms with van der Waals surface area (Å²) in [6.07, 6.45) is 1.18. The molecule has 2 aromatic rings. The zero-order valence-electron chi connectivity index (χ0n) is 15.5. The third-order valence-electron chi connectivity index (χ3n) is 4.70. The molecule has 0 aromatic heterocycles. The van der Waals surface area contributed by atoms with Gasteiger partial charge in [-0.25, -0.2) is 12.8 Å². The first-order chi connectivity index (χ1) is 13.3. The van der Waals surface area contributed by atoms with Crippen LogP contribution in [-0.4, -0.2) is 58.8 Å². The van der Waals surface area contributed by atoms with Gasteiger partial charge in [-0.15, -0.1) is 0 Å². The van der Waals surface area contributed by atoms with Crippen LogP contribution in [0.3, 0.4) is 0 Å². The Balaban J connectivity index is 1.84. The van der Waals surface area contributed by atoms with Crippen LogP contribution in [0.4, 0.5) is 10.1 Å². The lowest BCUT2D eigenvalue weighted by atomic mass is 10.1. The van der Waals surface area contributed by atoms with Gasteiger partial charge < -0.3 is 5.32 Å². The maximum atomic E-state index is 13.8. The largest absolute Gasteiger partial charge is 0.314 e. The van der Waals surface area contributed by atoms with E-state index in [1.54, 1.807) is 24.3 Å². The van der Waals surface area contributed by atoms with E-state index in [-0.39, 0.29) is 5.02 Å². The minimum absolute atomic E-state index is 0.0349. The molecular weight excluding hydrogens is 424 g/mol. The van der Waals surface area contributed by atoms with Gasteiger partial charge in [0.05, 0.1) is 22.0 Å². The molecule has 1 aliphatic heterocycles. The van der Waals surface area contributed by atoms with E-state index in [0.29, 0.717) is 34.9 Å². The number of piperazine rings is 1. The number of halogens is 3. The van der Waals surface area contributed by atoms with Crippen LogP contribution in [-0.2, 0) is 10.0 Å². The van der Waals surface area contributed by atoms with Crippen molar-refractivity contribution in [1.29, 1.82) is 0 Å². The van der Waals surface area contributed by atoms with E-state index in [1.807, 2.05) is 0 Å². The van der Waals surface area contributed by atoms with E-state index < -0.39 is 15.8 Å². The van der Waals surface area contributed by atoms with E-state index in [1.165, 1.54) is 22.7 Å². The molecule has 1 aliphatic rings. The summed E-state index contributed by atoms with van der Waals surface area (Å²) in [6, 6.07) is 9.43. The second-order valence-electron chi connectivity index (χ2n) is 6.72. The molecule has 5 nitrogen and oxygen atoms in total. The highest BCUT2D eigenvalue weighted by atomic mass is 35.5. The van der Waals surface area contributed by atoms with E-state index in [4.69, 9.17) is 23.2 Å². The minimum Gasteiger partial charge on any atom is -0.314 e. The molecule has 0 radical (unpaired) electrons. The standard InChI is InChI=1S/C19H22Cl2FN3O2S/c1-28(26,27)25(11-10-24-8-6-23-7-9-24)15-3-4-16(18(21)13-15)14-2-5-17(20)19(22)12-14/h2-5,12-13,23H,6-11H2,1H3. The molecule has 0 saturated carbocycles. The molecule has 1 saturated heterocycles. The number of rotatable bonds is 6. The quantitative estimate of drug-likeness (QED) is 0.739. The Morgan fingerprint density at radius 3 is 2.43 bits per heavy atom. The lowest BCUT2D eigenvalue weighted by molar-refractivity contribution is 0.248. The highest BCUT2D eigenvalue weighted by Gasteiger charge is 2.20. The predicted molar refractivity (Wildman–Crippen MR) is 113 cm³/mol. The zero-order valence-corrected chi connectivity index (χ0v) is 17.8. The van der Waals surface area contributed by atoms with Crippen molar-refractivity contribution < 1.29 is 12.8 Å². The van der Waals surface area contributed by atoms with Crippen molar-refractivity contribution in [2.45, 2.75) is 0 Å². The van der Waals surface area contributed by atoms with Crippen molar-refractivity contribution in [3.63, 3.8) is 0 Å². The first-order valence-corrected chi connectivity index (χ1v) is 11.5. The fraction of sp³-hybridized carbons (Fsp3) is 0.368. The first kappa shape index (κ1) is 21.3. The molecule has 0 unspecified atom stereocenters. The Morgan fingerprint density at radius 1 is 1.11 bits per heavy atom. The van der Waals surface area contributed by atoms with Crippen LogP contribution in [0.5, 0.6) is 0 Å². The molecule has 0 bridgehead atoms. The number of hydrogen-bond acceptors (Lipinski definition) is 4. The fourth-order valence-corrected chi connectivity index (χ4v) is 4.52. The highest BCUT2D eigenvalue weighted by molar-refractivity contribution is 7.92. The second kappa shape index (κ2) is 8.97. The van der Waals surface area contributed by atoms with Gasteiger partial charge in [0.2, 0.25) is 10.0 Å². The zero-order chi connectivity index (χ0) is 20.3. The number of benzene rings is 2. The lowest BCUT2D eigenvalue weighted by Crippen LogP contribution is -2.47. The molecule has 1 heterocycles. The van der Waals surface area contributed by atoms with Crippen molar-refractivity contribution in [3.8, 4) is 11.1 Å². The summed E-state index contributed by atoms with van der Waals surface area (Å²) in [5.74, 6) is -0.534. The molecule has 1 fully saturated rings. The molecule has 1 N–H and O–H groups in total. The van der Waals surface area contributed by atoms with Crippen LogP contribution in [0.15, 0.2) is 36.4 Å². The lowest BCUT2D eigenvalue weighted by Gasteiger charge is -2.30. The van der Waals surface area contributed by atoms with Crippen LogP contribution >= 0.6 is 23.2 Å². The Labute approximate surface area is 175 Å². The average molecular weight is 446 g/mol. The van der Waals surface area contributed by atoms with Gasteiger partial charge in [-0.2, -0.15) is 0 Å². The number of nitrogens with zero attached hydrogens (tertiary/aromatic N) is 2. The van der Waals surface area contributed by atoms with E-state index in [9.17, 15) is 12.8 Å². The van der Waals surface area contributed by atoms with Crippen molar-refractivity contribution in [2.75, 3.05) is 49.8 Å². The van der Waals surface area contributed by atoms with Gasteiger partial charge in [0, 0.05) is 44.8 Å². The van der Waals surface area contributed by atoms with E-state index in [2.05, 4.69) is 10.2 Å². The molecule has 2 aromatic carbocycles.